The molecule has 108 valence electrons. The third kappa shape index (κ3) is 2.63. The monoisotopic (exact) mass is 277 g/mol. The summed E-state index contributed by atoms with van der Waals surface area (Å²) in [5.74, 6) is 0.602. The van der Waals surface area contributed by atoms with Crippen molar-refractivity contribution in [1.82, 2.24) is 16.0 Å². The van der Waals surface area contributed by atoms with Gasteiger partial charge in [-0.1, -0.05) is 18.2 Å². The number of benzene rings is 1. The molecule has 2 aliphatic rings. The highest BCUT2D eigenvalue weighted by molar-refractivity contribution is 5.84. The van der Waals surface area contributed by atoms with Crippen LogP contribution in [0.2, 0.25) is 0 Å². The molecule has 20 heavy (non-hydrogen) atoms. The van der Waals surface area contributed by atoms with E-state index < -0.39 is 11.6 Å². The molecule has 1 amide bonds. The minimum Gasteiger partial charge on any atom is -0.492 e. The summed E-state index contributed by atoms with van der Waals surface area (Å²) >= 11 is 0. The van der Waals surface area contributed by atoms with Gasteiger partial charge in [-0.15, -0.1) is 0 Å². The number of aliphatic hydroxyl groups is 1. The molecule has 0 spiro atoms. The minimum absolute atomic E-state index is 0.136. The zero-order chi connectivity index (χ0) is 14.0. The number of hydrogen-bond donors (Lipinski definition) is 4. The highest BCUT2D eigenvalue weighted by Crippen LogP contribution is 2.27. The number of carbonyl (C=O) groups excluding carboxylic acids is 1. The van der Waals surface area contributed by atoms with E-state index in [1.54, 1.807) is 0 Å². The summed E-state index contributed by atoms with van der Waals surface area (Å²) < 4.78 is 5.60. The van der Waals surface area contributed by atoms with E-state index in [1.165, 1.54) is 0 Å². The molecule has 3 rings (SSSR count). The largest absolute Gasteiger partial charge is 0.492 e. The summed E-state index contributed by atoms with van der Waals surface area (Å²) in [6.45, 7) is 2.45. The first-order chi connectivity index (χ1) is 9.68. The van der Waals surface area contributed by atoms with E-state index in [1.807, 2.05) is 24.3 Å². The fourth-order valence-electron chi connectivity index (χ4n) is 2.45. The maximum absolute atomic E-state index is 12.3. The highest BCUT2D eigenvalue weighted by atomic mass is 16.5. The highest BCUT2D eigenvalue weighted by Gasteiger charge is 2.35. The Bertz CT molecular complexity index is 502. The lowest BCUT2D eigenvalue weighted by Gasteiger charge is -2.37. The number of rotatable bonds is 3. The summed E-state index contributed by atoms with van der Waals surface area (Å²) in [5, 5.41) is 19.0. The summed E-state index contributed by atoms with van der Waals surface area (Å²) in [6.07, 6.45) is 0. The summed E-state index contributed by atoms with van der Waals surface area (Å²) in [7, 11) is 0. The number of para-hydroxylation sites is 1. The van der Waals surface area contributed by atoms with Gasteiger partial charge in [0.25, 0.3) is 0 Å². The van der Waals surface area contributed by atoms with E-state index in [0.717, 1.165) is 11.3 Å². The first-order valence-electron chi connectivity index (χ1n) is 6.84. The van der Waals surface area contributed by atoms with Gasteiger partial charge in [0.05, 0.1) is 0 Å². The Morgan fingerprint density at radius 2 is 2.25 bits per heavy atom. The summed E-state index contributed by atoms with van der Waals surface area (Å²) in [6, 6.07) is 7.09. The van der Waals surface area contributed by atoms with Crippen LogP contribution in [0.5, 0.6) is 5.75 Å². The van der Waals surface area contributed by atoms with Crippen molar-refractivity contribution in [2.24, 2.45) is 0 Å². The minimum atomic E-state index is -0.809. The van der Waals surface area contributed by atoms with E-state index >= 15 is 0 Å². The lowest BCUT2D eigenvalue weighted by atomic mass is 9.97. The van der Waals surface area contributed by atoms with Crippen LogP contribution < -0.4 is 20.7 Å². The Labute approximate surface area is 117 Å². The Kier molecular flexibility index (Phi) is 3.60. The molecule has 2 heterocycles. The SMILES string of the molecule is O=C(NCC1(O)CNC1)C1NCCOc2ccccc21. The number of ether oxygens (including phenoxy) is 1. The van der Waals surface area contributed by atoms with Gasteiger partial charge in [-0.3, -0.25) is 10.1 Å². The number of nitrogens with one attached hydrogen (secondary N) is 3. The number of fused-ring (bicyclic) bond motifs is 1. The summed E-state index contributed by atoms with van der Waals surface area (Å²) in [5.41, 5.74) is 0.0253. The first kappa shape index (κ1) is 13.4. The van der Waals surface area contributed by atoms with E-state index in [0.29, 0.717) is 26.2 Å². The van der Waals surface area contributed by atoms with Crippen LogP contribution in [0.25, 0.3) is 0 Å². The van der Waals surface area contributed by atoms with Crippen LogP contribution in [0.1, 0.15) is 11.6 Å². The third-order valence-corrected chi connectivity index (χ3v) is 3.70. The van der Waals surface area contributed by atoms with Crippen molar-refractivity contribution in [3.63, 3.8) is 0 Å². The average Bonchev–Trinajstić information content (AvgIpc) is 2.65. The Balaban J connectivity index is 1.70. The predicted molar refractivity (Wildman–Crippen MR) is 73.5 cm³/mol. The van der Waals surface area contributed by atoms with Crippen LogP contribution in [0.4, 0.5) is 0 Å². The maximum Gasteiger partial charge on any atom is 0.241 e. The number of carbonyl (C=O) groups is 1. The van der Waals surface area contributed by atoms with Crippen LogP contribution in [-0.2, 0) is 4.79 Å². The molecule has 6 nitrogen and oxygen atoms in total. The maximum atomic E-state index is 12.3. The molecule has 1 aromatic carbocycles. The standard InChI is InChI=1S/C14H19N3O3/c18-13(17-9-14(19)7-15-8-14)12-10-3-1-2-4-11(10)20-6-5-16-12/h1-4,12,15-16,19H,5-9H2,(H,17,18). The lowest BCUT2D eigenvalue weighted by Crippen LogP contribution is -2.64. The van der Waals surface area contributed by atoms with Crippen molar-refractivity contribution in [3.8, 4) is 5.75 Å². The van der Waals surface area contributed by atoms with Crippen molar-refractivity contribution in [3.05, 3.63) is 29.8 Å². The molecule has 6 heteroatoms. The molecule has 0 saturated carbocycles. The van der Waals surface area contributed by atoms with Gasteiger partial charge in [-0.05, 0) is 6.07 Å². The Morgan fingerprint density at radius 3 is 3.00 bits per heavy atom. The quantitative estimate of drug-likeness (QED) is 0.579. The number of amides is 1. The predicted octanol–water partition coefficient (Wildman–Crippen LogP) is -0.840. The van der Waals surface area contributed by atoms with E-state index in [4.69, 9.17) is 4.74 Å². The van der Waals surface area contributed by atoms with Crippen LogP contribution in [0.15, 0.2) is 24.3 Å². The van der Waals surface area contributed by atoms with Crippen LogP contribution in [-0.4, -0.2) is 49.4 Å². The molecule has 0 radical (unpaired) electrons. The van der Waals surface area contributed by atoms with Crippen LogP contribution in [0.3, 0.4) is 0 Å². The van der Waals surface area contributed by atoms with Gasteiger partial charge < -0.3 is 20.5 Å². The Hall–Kier alpha value is -1.63. The van der Waals surface area contributed by atoms with Gasteiger partial charge in [0.1, 0.15) is 24.0 Å². The van der Waals surface area contributed by atoms with Crippen molar-refractivity contribution < 1.29 is 14.6 Å². The van der Waals surface area contributed by atoms with Gasteiger partial charge in [-0.25, -0.2) is 0 Å². The summed E-state index contributed by atoms with van der Waals surface area (Å²) in [4.78, 5) is 12.3. The van der Waals surface area contributed by atoms with Crippen molar-refractivity contribution in [2.75, 3.05) is 32.8 Å². The Morgan fingerprint density at radius 1 is 1.45 bits per heavy atom. The molecule has 1 unspecified atom stereocenters. The second kappa shape index (κ2) is 5.40. The lowest BCUT2D eigenvalue weighted by molar-refractivity contribution is -0.125. The van der Waals surface area contributed by atoms with Gasteiger partial charge >= 0.3 is 0 Å². The van der Waals surface area contributed by atoms with Gasteiger partial charge in [0.2, 0.25) is 5.91 Å². The number of hydrogen-bond acceptors (Lipinski definition) is 5. The fraction of sp³-hybridized carbons (Fsp3) is 0.500. The molecule has 1 aromatic rings. The molecular weight excluding hydrogens is 258 g/mol. The third-order valence-electron chi connectivity index (χ3n) is 3.70. The second-order valence-corrected chi connectivity index (χ2v) is 5.32. The molecule has 4 N–H and O–H groups in total. The molecule has 1 atom stereocenters. The molecular formula is C14H19N3O3. The fourth-order valence-corrected chi connectivity index (χ4v) is 2.45. The molecule has 1 saturated heterocycles. The average molecular weight is 277 g/mol. The van der Waals surface area contributed by atoms with Crippen molar-refractivity contribution >= 4 is 5.91 Å². The number of β-amino-alcohol motifs (C(OH)–C–C–N with tert-alkyl or cyclic N) is 1. The van der Waals surface area contributed by atoms with E-state index in [-0.39, 0.29) is 12.5 Å². The molecule has 0 aliphatic carbocycles. The normalized spacial score (nSPS) is 23.8. The zero-order valence-electron chi connectivity index (χ0n) is 11.2. The van der Waals surface area contributed by atoms with Gasteiger partial charge in [0.15, 0.2) is 0 Å². The van der Waals surface area contributed by atoms with Crippen molar-refractivity contribution in [2.45, 2.75) is 11.6 Å². The van der Waals surface area contributed by atoms with Gasteiger partial charge in [-0.2, -0.15) is 0 Å². The van der Waals surface area contributed by atoms with E-state index in [2.05, 4.69) is 16.0 Å². The van der Waals surface area contributed by atoms with Crippen LogP contribution >= 0.6 is 0 Å². The molecule has 2 aliphatic heterocycles. The molecule has 0 aromatic heterocycles. The van der Waals surface area contributed by atoms with Gasteiger partial charge in [0, 0.05) is 31.7 Å². The van der Waals surface area contributed by atoms with Crippen LogP contribution in [0, 0.1) is 0 Å². The molecule has 1 fully saturated rings. The zero-order valence-corrected chi connectivity index (χ0v) is 11.2. The topological polar surface area (TPSA) is 82.6 Å². The van der Waals surface area contributed by atoms with Crippen molar-refractivity contribution in [1.29, 1.82) is 0 Å². The first-order valence-corrected chi connectivity index (χ1v) is 6.84. The smallest absolute Gasteiger partial charge is 0.241 e. The van der Waals surface area contributed by atoms with E-state index in [9.17, 15) is 9.90 Å². The second-order valence-electron chi connectivity index (χ2n) is 5.32. The molecule has 0 bridgehead atoms.